The topological polar surface area (TPSA) is 73.2 Å². The van der Waals surface area contributed by atoms with Crippen molar-refractivity contribution in [3.8, 4) is 5.75 Å². The molecule has 0 unspecified atom stereocenters. The molecule has 7 heteroatoms. The predicted octanol–water partition coefficient (Wildman–Crippen LogP) is 4.76. The molecule has 2 aliphatic rings. The molecule has 2 aromatic carbocycles. The zero-order chi connectivity index (χ0) is 24.2. The molecule has 0 atom stereocenters. The molecule has 2 aromatic rings. The van der Waals surface area contributed by atoms with Gasteiger partial charge in [0.25, 0.3) is 5.91 Å². The number of benzene rings is 2. The van der Waals surface area contributed by atoms with E-state index in [1.54, 1.807) is 18.3 Å². The molecule has 1 amide bonds. The molecule has 0 bridgehead atoms. The maximum atomic E-state index is 13.9. The number of fused-ring (bicyclic) bond motifs is 1. The van der Waals surface area contributed by atoms with Crippen LogP contribution in [0.5, 0.6) is 5.75 Å². The lowest BCUT2D eigenvalue weighted by atomic mass is 9.90. The van der Waals surface area contributed by atoms with Crippen molar-refractivity contribution >= 4 is 30.2 Å². The van der Waals surface area contributed by atoms with Crippen LogP contribution < -0.4 is 0 Å². The van der Waals surface area contributed by atoms with E-state index in [4.69, 9.17) is 0 Å². The number of phenols is 1. The summed E-state index contributed by atoms with van der Waals surface area (Å²) in [4.78, 5) is 34.1. The molecule has 1 N–H and O–H groups in total. The number of amides is 1. The van der Waals surface area contributed by atoms with Gasteiger partial charge in [0.15, 0.2) is 12.0 Å². The van der Waals surface area contributed by atoms with Gasteiger partial charge in [0, 0.05) is 37.8 Å². The Labute approximate surface area is 199 Å². The first-order valence-corrected chi connectivity index (χ1v) is 11.7. The Balaban J connectivity index is 1.90. The van der Waals surface area contributed by atoms with Gasteiger partial charge in [-0.25, -0.2) is 4.39 Å². The van der Waals surface area contributed by atoms with E-state index in [2.05, 4.69) is 4.99 Å². The molecule has 2 heterocycles. The lowest BCUT2D eigenvalue weighted by molar-refractivity contribution is 0.0722. The third kappa shape index (κ3) is 4.94. The molecule has 0 saturated carbocycles. The summed E-state index contributed by atoms with van der Waals surface area (Å²) in [5.41, 5.74) is 3.77. The molecule has 4 rings (SSSR count). The number of nitrogens with zero attached hydrogens (tertiary/aromatic N) is 3. The van der Waals surface area contributed by atoms with Gasteiger partial charge in [0.1, 0.15) is 11.5 Å². The van der Waals surface area contributed by atoms with Crippen LogP contribution in [0, 0.1) is 5.82 Å². The number of halogens is 1. The van der Waals surface area contributed by atoms with Gasteiger partial charge in [-0.15, -0.1) is 0 Å². The Morgan fingerprint density at radius 3 is 2.53 bits per heavy atom. The van der Waals surface area contributed by atoms with Crippen LogP contribution in [0.25, 0.3) is 6.08 Å². The van der Waals surface area contributed by atoms with Crippen molar-refractivity contribution in [3.05, 3.63) is 63.5 Å². The zero-order valence-corrected chi connectivity index (χ0v) is 19.7. The third-order valence-electron chi connectivity index (χ3n) is 6.35. The van der Waals surface area contributed by atoms with Crippen molar-refractivity contribution in [3.63, 3.8) is 0 Å². The van der Waals surface area contributed by atoms with Crippen molar-refractivity contribution in [1.29, 1.82) is 0 Å². The molecule has 178 valence electrons. The summed E-state index contributed by atoms with van der Waals surface area (Å²) < 4.78 is 13.4. The summed E-state index contributed by atoms with van der Waals surface area (Å²) in [5.74, 6) is -0.627. The van der Waals surface area contributed by atoms with Gasteiger partial charge in [0.2, 0.25) is 0 Å². The van der Waals surface area contributed by atoms with Crippen LogP contribution in [0.15, 0.2) is 34.8 Å². The molecule has 6 nitrogen and oxygen atoms in total. The summed E-state index contributed by atoms with van der Waals surface area (Å²) in [6.07, 6.45) is 8.27. The molecular formula is C27H30FN3O3. The number of likely N-dealkylation sites (tertiary alicyclic amines) is 1. The normalized spacial score (nSPS) is 15.6. The maximum Gasteiger partial charge on any atom is 0.254 e. The summed E-state index contributed by atoms with van der Waals surface area (Å²) in [6.45, 7) is 1.66. The van der Waals surface area contributed by atoms with Crippen LogP contribution in [0.2, 0.25) is 0 Å². The fourth-order valence-corrected chi connectivity index (χ4v) is 4.70. The summed E-state index contributed by atoms with van der Waals surface area (Å²) in [5, 5.41) is 11.0. The standard InChI is InChI=1S/C27H30FN3O3/c1-30(2)16-22-23(17-32)26(33)25-21(24(22)27(34)31-12-4-3-5-13-31)15-19(10-11-29-25)14-18-6-8-20(28)9-7-18/h6-9,11,15,17,33H,3-5,10,12-14,16H2,1-2H3. The van der Waals surface area contributed by atoms with Gasteiger partial charge in [0.05, 0.1) is 11.1 Å². The molecule has 0 radical (unpaired) electrons. The summed E-state index contributed by atoms with van der Waals surface area (Å²) >= 11 is 0. The van der Waals surface area contributed by atoms with Gasteiger partial charge >= 0.3 is 0 Å². The number of allylic oxidation sites excluding steroid dienone is 1. The predicted molar refractivity (Wildman–Crippen MR) is 131 cm³/mol. The van der Waals surface area contributed by atoms with Crippen LogP contribution >= 0.6 is 0 Å². The Bertz CT molecular complexity index is 1150. The number of piperidine rings is 1. The van der Waals surface area contributed by atoms with E-state index in [9.17, 15) is 19.1 Å². The van der Waals surface area contributed by atoms with Crippen molar-refractivity contribution in [1.82, 2.24) is 9.80 Å². The van der Waals surface area contributed by atoms with E-state index in [0.29, 0.717) is 55.5 Å². The number of aliphatic imine (C=N–C) groups is 1. The zero-order valence-electron chi connectivity index (χ0n) is 19.7. The van der Waals surface area contributed by atoms with Crippen LogP contribution in [-0.4, -0.2) is 60.5 Å². The van der Waals surface area contributed by atoms with Crippen molar-refractivity contribution < 1.29 is 19.1 Å². The SMILES string of the molecule is CN(C)Cc1c(C=O)c(O)c2c(c1C(=O)N1CCCCC1)C=C(Cc1ccc(F)cc1)CC=N2. The number of aldehydes is 1. The number of carbonyl (C=O) groups is 2. The molecule has 2 aliphatic heterocycles. The van der Waals surface area contributed by atoms with E-state index in [1.165, 1.54) is 12.1 Å². The Kier molecular flexibility index (Phi) is 7.22. The molecule has 34 heavy (non-hydrogen) atoms. The van der Waals surface area contributed by atoms with Crippen molar-refractivity contribution in [2.75, 3.05) is 27.2 Å². The van der Waals surface area contributed by atoms with Gasteiger partial charge < -0.3 is 14.9 Å². The van der Waals surface area contributed by atoms with Gasteiger partial charge in [-0.2, -0.15) is 0 Å². The fourth-order valence-electron chi connectivity index (χ4n) is 4.70. The highest BCUT2D eigenvalue weighted by Crippen LogP contribution is 2.42. The minimum atomic E-state index is -0.292. The van der Waals surface area contributed by atoms with E-state index in [1.807, 2.05) is 30.0 Å². The second-order valence-corrected chi connectivity index (χ2v) is 9.21. The van der Waals surface area contributed by atoms with Gasteiger partial charge in [-0.1, -0.05) is 23.8 Å². The van der Waals surface area contributed by atoms with E-state index in [0.717, 1.165) is 30.4 Å². The number of hydrogen-bond donors (Lipinski definition) is 1. The Morgan fingerprint density at radius 1 is 1.18 bits per heavy atom. The van der Waals surface area contributed by atoms with Gasteiger partial charge in [-0.3, -0.25) is 14.6 Å². The van der Waals surface area contributed by atoms with E-state index >= 15 is 0 Å². The second-order valence-electron chi connectivity index (χ2n) is 9.21. The highest BCUT2D eigenvalue weighted by molar-refractivity contribution is 6.06. The highest BCUT2D eigenvalue weighted by Gasteiger charge is 2.30. The quantitative estimate of drug-likeness (QED) is 0.627. The number of hydrogen-bond acceptors (Lipinski definition) is 5. The Morgan fingerprint density at radius 2 is 1.88 bits per heavy atom. The number of carbonyl (C=O) groups excluding carboxylic acids is 2. The maximum absolute atomic E-state index is 13.9. The highest BCUT2D eigenvalue weighted by atomic mass is 19.1. The van der Waals surface area contributed by atoms with Crippen LogP contribution in [0.4, 0.5) is 10.1 Å². The minimum absolute atomic E-state index is 0.111. The first-order chi connectivity index (χ1) is 16.4. The molecule has 1 fully saturated rings. The first-order valence-electron chi connectivity index (χ1n) is 11.7. The second kappa shape index (κ2) is 10.3. The van der Waals surface area contributed by atoms with Crippen molar-refractivity contribution in [2.45, 2.75) is 38.6 Å². The molecule has 0 aromatic heterocycles. The van der Waals surface area contributed by atoms with Crippen LogP contribution in [0.1, 0.15) is 63.1 Å². The first kappa shape index (κ1) is 23.8. The fraction of sp³-hybridized carbons (Fsp3) is 0.370. The van der Waals surface area contributed by atoms with E-state index < -0.39 is 0 Å². The van der Waals surface area contributed by atoms with Gasteiger partial charge in [-0.05, 0) is 63.0 Å². The van der Waals surface area contributed by atoms with Crippen molar-refractivity contribution in [2.24, 2.45) is 4.99 Å². The van der Waals surface area contributed by atoms with Crippen LogP contribution in [-0.2, 0) is 13.0 Å². The van der Waals surface area contributed by atoms with Crippen LogP contribution in [0.3, 0.4) is 0 Å². The minimum Gasteiger partial charge on any atom is -0.505 e. The monoisotopic (exact) mass is 463 g/mol. The molecule has 0 aliphatic carbocycles. The largest absolute Gasteiger partial charge is 0.505 e. The lowest BCUT2D eigenvalue weighted by Crippen LogP contribution is -2.37. The number of aromatic hydroxyl groups is 1. The number of rotatable bonds is 6. The summed E-state index contributed by atoms with van der Waals surface area (Å²) in [7, 11) is 3.72. The molecule has 0 spiro atoms. The molecular weight excluding hydrogens is 433 g/mol. The Hall–Kier alpha value is -3.32. The number of phenolic OH excluding ortho intramolecular Hbond substituents is 1. The van der Waals surface area contributed by atoms with E-state index in [-0.39, 0.29) is 28.7 Å². The molecule has 1 saturated heterocycles. The lowest BCUT2D eigenvalue weighted by Gasteiger charge is -2.29. The average molecular weight is 464 g/mol. The third-order valence-corrected chi connectivity index (χ3v) is 6.35. The summed E-state index contributed by atoms with van der Waals surface area (Å²) in [6, 6.07) is 6.33. The smallest absolute Gasteiger partial charge is 0.254 e. The average Bonchev–Trinajstić information content (AvgIpc) is 3.03.